The van der Waals surface area contributed by atoms with Crippen molar-refractivity contribution < 1.29 is 27.8 Å². The number of aliphatic hydroxyl groups is 1. The average molecular weight is 235 g/mol. The highest BCUT2D eigenvalue weighted by atomic mass is 19.4. The molecule has 16 heavy (non-hydrogen) atoms. The monoisotopic (exact) mass is 235 g/mol. The van der Waals surface area contributed by atoms with Crippen LogP contribution in [-0.4, -0.2) is 17.4 Å². The fraction of sp³-hybridized carbons (Fsp3) is 0.222. The normalized spacial score (nSPS) is 13.2. The predicted molar refractivity (Wildman–Crippen MR) is 47.7 cm³/mol. The summed E-state index contributed by atoms with van der Waals surface area (Å²) < 4.78 is 40.7. The van der Waals surface area contributed by atoms with Crippen LogP contribution in [0.3, 0.4) is 0 Å². The first-order valence-corrected chi connectivity index (χ1v) is 4.12. The Kier molecular flexibility index (Phi) is 3.38. The quantitative estimate of drug-likeness (QED) is 0.819. The van der Waals surface area contributed by atoms with Crippen LogP contribution in [0.4, 0.5) is 18.0 Å². The van der Waals surface area contributed by atoms with Gasteiger partial charge in [0.05, 0.1) is 0 Å². The van der Waals surface area contributed by atoms with Gasteiger partial charge in [0.2, 0.25) is 0 Å². The number of benzene rings is 1. The maximum absolute atomic E-state index is 12.1. The van der Waals surface area contributed by atoms with Crippen molar-refractivity contribution in [1.29, 1.82) is 0 Å². The van der Waals surface area contributed by atoms with Crippen molar-refractivity contribution >= 4 is 6.09 Å². The first-order chi connectivity index (χ1) is 7.30. The number of nitrogens with two attached hydrogens (primary N) is 1. The number of aliphatic hydroxyl groups excluding tert-OH is 1. The minimum Gasteiger partial charge on any atom is -0.411 e. The van der Waals surface area contributed by atoms with Gasteiger partial charge in [0.15, 0.2) is 6.10 Å². The van der Waals surface area contributed by atoms with E-state index in [0.717, 1.165) is 24.3 Å². The molecule has 4 nitrogen and oxygen atoms in total. The molecule has 88 valence electrons. The fourth-order valence-electron chi connectivity index (χ4n) is 1.02. The number of ether oxygens (including phenoxy) is 1. The van der Waals surface area contributed by atoms with Crippen molar-refractivity contribution in [3.05, 3.63) is 29.8 Å². The Morgan fingerprint density at radius 2 is 1.81 bits per heavy atom. The van der Waals surface area contributed by atoms with Crippen molar-refractivity contribution in [3.8, 4) is 5.75 Å². The molecule has 0 saturated heterocycles. The number of rotatable bonds is 2. The van der Waals surface area contributed by atoms with Gasteiger partial charge in [0.25, 0.3) is 0 Å². The van der Waals surface area contributed by atoms with E-state index in [9.17, 15) is 18.0 Å². The third-order valence-corrected chi connectivity index (χ3v) is 1.72. The Balaban J connectivity index is 2.83. The third kappa shape index (κ3) is 3.13. The highest BCUT2D eigenvalue weighted by Gasteiger charge is 2.39. The summed E-state index contributed by atoms with van der Waals surface area (Å²) in [4.78, 5) is 10.3. The number of halogens is 3. The molecular weight excluding hydrogens is 227 g/mol. The zero-order valence-electron chi connectivity index (χ0n) is 7.86. The first kappa shape index (κ1) is 12.3. The zero-order valence-corrected chi connectivity index (χ0v) is 7.86. The van der Waals surface area contributed by atoms with Gasteiger partial charge in [-0.1, -0.05) is 12.1 Å². The zero-order chi connectivity index (χ0) is 12.3. The standard InChI is InChI=1S/C9H8F3NO3/c10-9(11,12)7(14)5-1-3-6(4-2-5)16-8(13)15/h1-4,7,14H,(H2,13,15). The molecule has 0 aliphatic rings. The largest absolute Gasteiger partial charge is 0.418 e. The molecule has 0 saturated carbocycles. The second kappa shape index (κ2) is 4.40. The number of carbonyl (C=O) groups is 1. The van der Waals surface area contributed by atoms with Crippen molar-refractivity contribution in [2.24, 2.45) is 5.73 Å². The van der Waals surface area contributed by atoms with Crippen LogP contribution in [0.15, 0.2) is 24.3 Å². The number of alkyl halides is 3. The maximum Gasteiger partial charge on any atom is 0.418 e. The van der Waals surface area contributed by atoms with E-state index >= 15 is 0 Å². The van der Waals surface area contributed by atoms with Crippen molar-refractivity contribution in [3.63, 3.8) is 0 Å². The lowest BCUT2D eigenvalue weighted by Gasteiger charge is -2.14. The van der Waals surface area contributed by atoms with Gasteiger partial charge < -0.3 is 15.6 Å². The summed E-state index contributed by atoms with van der Waals surface area (Å²) in [5, 5.41) is 8.87. The van der Waals surface area contributed by atoms with Crippen molar-refractivity contribution in [1.82, 2.24) is 0 Å². The molecule has 0 aromatic heterocycles. The first-order valence-electron chi connectivity index (χ1n) is 4.12. The average Bonchev–Trinajstić information content (AvgIpc) is 2.15. The molecule has 1 aromatic rings. The van der Waals surface area contributed by atoms with Crippen LogP contribution >= 0.6 is 0 Å². The minimum atomic E-state index is -4.73. The van der Waals surface area contributed by atoms with E-state index < -0.39 is 18.4 Å². The van der Waals surface area contributed by atoms with E-state index in [-0.39, 0.29) is 11.3 Å². The molecule has 0 fully saturated rings. The Labute approximate surface area is 88.4 Å². The van der Waals surface area contributed by atoms with Crippen molar-refractivity contribution in [2.75, 3.05) is 0 Å². The summed E-state index contributed by atoms with van der Waals surface area (Å²) >= 11 is 0. The van der Waals surface area contributed by atoms with Gasteiger partial charge in [-0.25, -0.2) is 4.79 Å². The molecule has 1 unspecified atom stereocenters. The van der Waals surface area contributed by atoms with E-state index in [1.165, 1.54) is 0 Å². The van der Waals surface area contributed by atoms with Crippen LogP contribution in [0.2, 0.25) is 0 Å². The molecule has 3 N–H and O–H groups in total. The molecule has 1 rings (SSSR count). The highest BCUT2D eigenvalue weighted by molar-refractivity contribution is 5.68. The predicted octanol–water partition coefficient (Wildman–Crippen LogP) is 1.74. The van der Waals surface area contributed by atoms with E-state index in [1.54, 1.807) is 0 Å². The summed E-state index contributed by atoms with van der Waals surface area (Å²) in [6.07, 6.45) is -8.36. The summed E-state index contributed by atoms with van der Waals surface area (Å²) in [6.45, 7) is 0. The molecule has 0 aliphatic carbocycles. The lowest BCUT2D eigenvalue weighted by molar-refractivity contribution is -0.206. The van der Waals surface area contributed by atoms with Crippen LogP contribution in [0.25, 0.3) is 0 Å². The molecule has 0 bridgehead atoms. The second-order valence-corrected chi connectivity index (χ2v) is 2.93. The van der Waals surface area contributed by atoms with Crippen LogP contribution in [0.1, 0.15) is 11.7 Å². The smallest absolute Gasteiger partial charge is 0.411 e. The van der Waals surface area contributed by atoms with E-state index in [0.29, 0.717) is 0 Å². The van der Waals surface area contributed by atoms with Crippen molar-refractivity contribution in [2.45, 2.75) is 12.3 Å². The topological polar surface area (TPSA) is 72.6 Å². The summed E-state index contributed by atoms with van der Waals surface area (Å²) in [7, 11) is 0. The van der Waals surface area contributed by atoms with Crippen LogP contribution in [0, 0.1) is 0 Å². The minimum absolute atomic E-state index is 0.00521. The lowest BCUT2D eigenvalue weighted by atomic mass is 10.1. The Morgan fingerprint density at radius 1 is 1.31 bits per heavy atom. The Hall–Kier alpha value is -1.76. The van der Waals surface area contributed by atoms with Crippen LogP contribution in [0.5, 0.6) is 5.75 Å². The molecule has 1 amide bonds. The molecule has 1 aromatic carbocycles. The summed E-state index contributed by atoms with van der Waals surface area (Å²) in [5.41, 5.74) is 4.36. The van der Waals surface area contributed by atoms with Crippen LogP contribution < -0.4 is 10.5 Å². The van der Waals surface area contributed by atoms with Gasteiger partial charge in [-0.15, -0.1) is 0 Å². The van der Waals surface area contributed by atoms with Gasteiger partial charge in [-0.3, -0.25) is 0 Å². The molecule has 7 heteroatoms. The second-order valence-electron chi connectivity index (χ2n) is 2.93. The number of amides is 1. The van der Waals surface area contributed by atoms with Gasteiger partial charge >= 0.3 is 12.3 Å². The van der Waals surface area contributed by atoms with Gasteiger partial charge in [-0.05, 0) is 17.7 Å². The Bertz CT molecular complexity index is 375. The maximum atomic E-state index is 12.1. The molecule has 0 radical (unpaired) electrons. The fourth-order valence-corrected chi connectivity index (χ4v) is 1.02. The van der Waals surface area contributed by atoms with E-state index in [1.807, 2.05) is 0 Å². The summed E-state index contributed by atoms with van der Waals surface area (Å²) in [6, 6.07) is 4.21. The third-order valence-electron chi connectivity index (χ3n) is 1.72. The Morgan fingerprint density at radius 3 is 2.19 bits per heavy atom. The van der Waals surface area contributed by atoms with Crippen LogP contribution in [-0.2, 0) is 0 Å². The number of primary amides is 1. The molecular formula is C9H8F3NO3. The lowest BCUT2D eigenvalue weighted by Crippen LogP contribution is -2.20. The summed E-state index contributed by atoms with van der Waals surface area (Å²) in [5.74, 6) is 0.00521. The number of carbonyl (C=O) groups excluding carboxylic acids is 1. The van der Waals surface area contributed by atoms with Gasteiger partial charge in [-0.2, -0.15) is 13.2 Å². The SMILES string of the molecule is NC(=O)Oc1ccc(C(O)C(F)(F)F)cc1. The highest BCUT2D eigenvalue weighted by Crippen LogP contribution is 2.32. The molecule has 0 aliphatic heterocycles. The number of hydrogen-bond donors (Lipinski definition) is 2. The molecule has 1 atom stereocenters. The van der Waals surface area contributed by atoms with Gasteiger partial charge in [0, 0.05) is 0 Å². The molecule has 0 heterocycles. The van der Waals surface area contributed by atoms with E-state index in [4.69, 9.17) is 10.8 Å². The molecule has 0 spiro atoms. The van der Waals surface area contributed by atoms with E-state index in [2.05, 4.69) is 4.74 Å². The van der Waals surface area contributed by atoms with Gasteiger partial charge in [0.1, 0.15) is 5.75 Å². The number of hydrogen-bond acceptors (Lipinski definition) is 3.